The molecule has 0 saturated carbocycles. The zero-order valence-corrected chi connectivity index (χ0v) is 9.67. The van der Waals surface area contributed by atoms with E-state index in [0.29, 0.717) is 0 Å². The summed E-state index contributed by atoms with van der Waals surface area (Å²) in [5.41, 5.74) is 1.43. The number of hydrogen-bond acceptors (Lipinski definition) is 1. The van der Waals surface area contributed by atoms with Gasteiger partial charge in [0, 0.05) is 0 Å². The minimum absolute atomic E-state index is 0.409. The minimum Gasteiger partial charge on any atom is -0.183 e. The molecule has 2 heteroatoms. The van der Waals surface area contributed by atoms with Gasteiger partial charge in [0.15, 0.2) is 0 Å². The first kappa shape index (κ1) is 11.4. The average Bonchev–Trinajstić information content (AvgIpc) is 2.25. The summed E-state index contributed by atoms with van der Waals surface area (Å²) in [6.07, 6.45) is 8.70. The largest absolute Gasteiger partial charge is 0.246 e. The molecule has 76 valence electrons. The SMILES string of the molecule is C=[P+](CCCCc1ccccc1)OC. The minimum atomic E-state index is -0.409. The van der Waals surface area contributed by atoms with Crippen molar-refractivity contribution in [2.45, 2.75) is 19.3 Å². The molecule has 0 aliphatic rings. The highest BCUT2D eigenvalue weighted by Crippen LogP contribution is 2.21. The van der Waals surface area contributed by atoms with Crippen molar-refractivity contribution >= 4 is 14.1 Å². The van der Waals surface area contributed by atoms with Gasteiger partial charge in [0.05, 0.1) is 7.11 Å². The molecular weight excluding hydrogens is 191 g/mol. The fraction of sp³-hybridized carbons (Fsp3) is 0.417. The average molecular weight is 209 g/mol. The van der Waals surface area contributed by atoms with Crippen LogP contribution in [-0.4, -0.2) is 19.6 Å². The van der Waals surface area contributed by atoms with Crippen molar-refractivity contribution in [2.24, 2.45) is 0 Å². The molecule has 0 saturated heterocycles. The van der Waals surface area contributed by atoms with E-state index in [1.807, 2.05) is 0 Å². The molecule has 0 bridgehead atoms. The Labute approximate surface area is 87.6 Å². The van der Waals surface area contributed by atoms with Crippen LogP contribution in [0.3, 0.4) is 0 Å². The Morgan fingerprint density at radius 3 is 2.57 bits per heavy atom. The summed E-state index contributed by atoms with van der Waals surface area (Å²) in [6, 6.07) is 10.6. The third-order valence-corrected chi connectivity index (χ3v) is 3.56. The van der Waals surface area contributed by atoms with E-state index in [1.165, 1.54) is 24.8 Å². The third-order valence-electron chi connectivity index (χ3n) is 2.22. The number of aryl methyl sites for hydroxylation is 1. The van der Waals surface area contributed by atoms with Crippen molar-refractivity contribution in [3.8, 4) is 0 Å². The van der Waals surface area contributed by atoms with Crippen LogP contribution in [0.1, 0.15) is 18.4 Å². The van der Waals surface area contributed by atoms with Crippen LogP contribution in [0.5, 0.6) is 0 Å². The summed E-state index contributed by atoms with van der Waals surface area (Å²) < 4.78 is 5.16. The Kier molecular flexibility index (Phi) is 5.51. The van der Waals surface area contributed by atoms with E-state index < -0.39 is 7.77 Å². The van der Waals surface area contributed by atoms with Crippen LogP contribution in [0.25, 0.3) is 0 Å². The number of rotatable bonds is 6. The molecule has 0 aromatic heterocycles. The van der Waals surface area contributed by atoms with Crippen LogP contribution in [0.2, 0.25) is 0 Å². The first-order chi connectivity index (χ1) is 6.83. The molecule has 1 atom stereocenters. The van der Waals surface area contributed by atoms with Crippen molar-refractivity contribution in [2.75, 3.05) is 13.3 Å². The predicted molar refractivity (Wildman–Crippen MR) is 65.3 cm³/mol. The maximum Gasteiger partial charge on any atom is 0.246 e. The highest BCUT2D eigenvalue weighted by Gasteiger charge is 2.03. The summed E-state index contributed by atoms with van der Waals surface area (Å²) in [5, 5.41) is 0. The molecule has 1 nitrogen and oxygen atoms in total. The maximum atomic E-state index is 5.16. The van der Waals surface area contributed by atoms with E-state index in [9.17, 15) is 0 Å². The molecule has 0 radical (unpaired) electrons. The first-order valence-electron chi connectivity index (χ1n) is 4.99. The zero-order valence-electron chi connectivity index (χ0n) is 8.78. The van der Waals surface area contributed by atoms with Crippen molar-refractivity contribution in [3.05, 3.63) is 35.9 Å². The van der Waals surface area contributed by atoms with Crippen molar-refractivity contribution < 1.29 is 4.52 Å². The summed E-state index contributed by atoms with van der Waals surface area (Å²) in [5.74, 6) is 0. The molecule has 0 fully saturated rings. The topological polar surface area (TPSA) is 9.23 Å². The lowest BCUT2D eigenvalue weighted by atomic mass is 10.1. The molecule has 14 heavy (non-hydrogen) atoms. The van der Waals surface area contributed by atoms with E-state index in [0.717, 1.165) is 6.16 Å². The summed E-state index contributed by atoms with van der Waals surface area (Å²) in [4.78, 5) is 0. The van der Waals surface area contributed by atoms with Crippen molar-refractivity contribution in [1.29, 1.82) is 0 Å². The molecule has 0 spiro atoms. The van der Waals surface area contributed by atoms with E-state index in [-0.39, 0.29) is 0 Å². The highest BCUT2D eigenvalue weighted by atomic mass is 31.1. The molecule has 1 aromatic carbocycles. The molecule has 0 aliphatic heterocycles. The summed E-state index contributed by atoms with van der Waals surface area (Å²) >= 11 is 0. The molecule has 0 N–H and O–H groups in total. The van der Waals surface area contributed by atoms with E-state index in [1.54, 1.807) is 7.11 Å². The van der Waals surface area contributed by atoms with E-state index >= 15 is 0 Å². The Hall–Kier alpha value is -0.650. The zero-order chi connectivity index (χ0) is 10.2. The van der Waals surface area contributed by atoms with Gasteiger partial charge in [0.1, 0.15) is 12.5 Å². The monoisotopic (exact) mass is 209 g/mol. The van der Waals surface area contributed by atoms with Crippen LogP contribution in [0, 0.1) is 0 Å². The fourth-order valence-electron chi connectivity index (χ4n) is 1.35. The van der Waals surface area contributed by atoms with Crippen LogP contribution < -0.4 is 0 Å². The number of benzene rings is 1. The lowest BCUT2D eigenvalue weighted by Crippen LogP contribution is -1.87. The maximum absolute atomic E-state index is 5.16. The van der Waals surface area contributed by atoms with Crippen molar-refractivity contribution in [3.63, 3.8) is 0 Å². The van der Waals surface area contributed by atoms with Gasteiger partial charge < -0.3 is 0 Å². The smallest absolute Gasteiger partial charge is 0.183 e. The molecule has 1 rings (SSSR count). The Balaban J connectivity index is 2.13. The standard InChI is InChI=1S/C12H18OP/c1-13-14(2)11-7-6-10-12-8-4-3-5-9-12/h3-5,8-9H,2,6-7,10-11H2,1H3/q+1. The summed E-state index contributed by atoms with van der Waals surface area (Å²) in [6.45, 7) is 0. The van der Waals surface area contributed by atoms with Gasteiger partial charge in [0.25, 0.3) is 0 Å². The van der Waals surface area contributed by atoms with Gasteiger partial charge in [-0.25, -0.2) is 0 Å². The molecule has 0 heterocycles. The normalized spacial score (nSPS) is 11.4. The number of hydrogen-bond donors (Lipinski definition) is 0. The Morgan fingerprint density at radius 1 is 1.21 bits per heavy atom. The van der Waals surface area contributed by atoms with Crippen LogP contribution in [-0.2, 0) is 10.9 Å². The Bertz CT molecular complexity index is 269. The first-order valence-corrected chi connectivity index (χ1v) is 6.62. The second-order valence-electron chi connectivity index (χ2n) is 3.33. The molecular formula is C12H18OP+. The number of unbranched alkanes of at least 4 members (excludes halogenated alkanes) is 1. The van der Waals surface area contributed by atoms with Crippen LogP contribution >= 0.6 is 7.77 Å². The van der Waals surface area contributed by atoms with E-state index in [2.05, 4.69) is 36.6 Å². The Morgan fingerprint density at radius 2 is 1.93 bits per heavy atom. The third kappa shape index (κ3) is 4.55. The molecule has 0 aliphatic carbocycles. The lowest BCUT2D eigenvalue weighted by molar-refractivity contribution is 0.471. The van der Waals surface area contributed by atoms with Crippen molar-refractivity contribution in [1.82, 2.24) is 0 Å². The second-order valence-corrected chi connectivity index (χ2v) is 5.11. The van der Waals surface area contributed by atoms with Gasteiger partial charge in [-0.2, -0.15) is 4.52 Å². The van der Waals surface area contributed by atoms with Gasteiger partial charge in [0.2, 0.25) is 7.77 Å². The van der Waals surface area contributed by atoms with Gasteiger partial charge in [-0.3, -0.25) is 0 Å². The fourth-order valence-corrected chi connectivity index (χ4v) is 2.11. The second kappa shape index (κ2) is 6.75. The van der Waals surface area contributed by atoms with Crippen LogP contribution in [0.15, 0.2) is 30.3 Å². The van der Waals surface area contributed by atoms with Gasteiger partial charge in [-0.05, 0) is 24.8 Å². The van der Waals surface area contributed by atoms with Gasteiger partial charge >= 0.3 is 0 Å². The predicted octanol–water partition coefficient (Wildman–Crippen LogP) is 3.48. The van der Waals surface area contributed by atoms with Gasteiger partial charge in [-0.1, -0.05) is 30.3 Å². The lowest BCUT2D eigenvalue weighted by Gasteiger charge is -1.98. The van der Waals surface area contributed by atoms with Gasteiger partial charge in [-0.15, -0.1) is 0 Å². The quantitative estimate of drug-likeness (QED) is 0.514. The molecule has 1 aromatic rings. The summed E-state index contributed by atoms with van der Waals surface area (Å²) in [7, 11) is 1.34. The highest BCUT2D eigenvalue weighted by molar-refractivity contribution is 7.50. The molecule has 0 amide bonds. The van der Waals surface area contributed by atoms with E-state index in [4.69, 9.17) is 4.52 Å². The molecule has 1 unspecified atom stereocenters. The van der Waals surface area contributed by atoms with Crippen LogP contribution in [0.4, 0.5) is 0 Å².